The Balaban J connectivity index is 2.58. The number of hydrogen-bond donors (Lipinski definition) is 1. The Kier molecular flexibility index (Phi) is 2.52. The molecule has 2 N–H and O–H groups in total. The largest absolute Gasteiger partial charge is 0.382 e. The van der Waals surface area contributed by atoms with Crippen molar-refractivity contribution in [2.24, 2.45) is 7.05 Å². The Morgan fingerprint density at radius 1 is 1.27 bits per heavy atom. The van der Waals surface area contributed by atoms with Gasteiger partial charge in [0.1, 0.15) is 5.82 Å². The highest BCUT2D eigenvalue weighted by Crippen LogP contribution is 2.27. The molecule has 0 aliphatic heterocycles. The molecule has 2 rings (SSSR count). The van der Waals surface area contributed by atoms with E-state index in [0.29, 0.717) is 5.82 Å². The quantitative estimate of drug-likeness (QED) is 0.862. The van der Waals surface area contributed by atoms with E-state index >= 15 is 0 Å². The fourth-order valence-electron chi connectivity index (χ4n) is 1.66. The minimum Gasteiger partial charge on any atom is -0.382 e. The first-order valence-corrected chi connectivity index (χ1v) is 5.44. The topological polar surface area (TPSA) is 43.8 Å². The van der Waals surface area contributed by atoms with Crippen molar-refractivity contribution in [1.29, 1.82) is 0 Å². The Hall–Kier alpha value is -1.29. The van der Waals surface area contributed by atoms with E-state index in [2.05, 4.69) is 21.0 Å². The van der Waals surface area contributed by atoms with Crippen LogP contribution in [0.1, 0.15) is 5.56 Å². The standard InChI is InChI=1S/C11H12BrN3/c1-7-10(15(2)14-11(7)13)8-3-5-9(12)6-4-8/h3-6H,1-2H3,(H2,13,14). The lowest BCUT2D eigenvalue weighted by molar-refractivity contribution is 0.780. The van der Waals surface area contributed by atoms with Crippen molar-refractivity contribution < 1.29 is 0 Å². The molecule has 0 radical (unpaired) electrons. The van der Waals surface area contributed by atoms with Crippen LogP contribution in [0.5, 0.6) is 0 Å². The van der Waals surface area contributed by atoms with Gasteiger partial charge < -0.3 is 5.73 Å². The molecule has 0 unspecified atom stereocenters. The molecule has 2 aromatic rings. The molecule has 1 aromatic carbocycles. The van der Waals surface area contributed by atoms with E-state index in [9.17, 15) is 0 Å². The molecule has 4 heteroatoms. The molecule has 0 bridgehead atoms. The van der Waals surface area contributed by atoms with Crippen LogP contribution in [0.25, 0.3) is 11.3 Å². The summed E-state index contributed by atoms with van der Waals surface area (Å²) in [5.74, 6) is 0.593. The van der Waals surface area contributed by atoms with Crippen molar-refractivity contribution in [2.45, 2.75) is 6.92 Å². The first-order valence-electron chi connectivity index (χ1n) is 4.64. The molecule has 3 nitrogen and oxygen atoms in total. The van der Waals surface area contributed by atoms with E-state index in [1.807, 2.05) is 42.9 Å². The summed E-state index contributed by atoms with van der Waals surface area (Å²) in [7, 11) is 1.90. The van der Waals surface area contributed by atoms with E-state index in [-0.39, 0.29) is 0 Å². The van der Waals surface area contributed by atoms with Crippen molar-refractivity contribution in [1.82, 2.24) is 9.78 Å². The number of aromatic nitrogens is 2. The number of hydrogen-bond acceptors (Lipinski definition) is 2. The van der Waals surface area contributed by atoms with Crippen molar-refractivity contribution in [3.63, 3.8) is 0 Å². The van der Waals surface area contributed by atoms with Gasteiger partial charge in [0.2, 0.25) is 0 Å². The zero-order valence-corrected chi connectivity index (χ0v) is 10.2. The van der Waals surface area contributed by atoms with Crippen LogP contribution in [0.15, 0.2) is 28.7 Å². The summed E-state index contributed by atoms with van der Waals surface area (Å²) in [6.07, 6.45) is 0. The highest BCUT2D eigenvalue weighted by Gasteiger charge is 2.11. The van der Waals surface area contributed by atoms with Gasteiger partial charge in [-0.2, -0.15) is 5.10 Å². The number of benzene rings is 1. The first-order chi connectivity index (χ1) is 7.09. The highest BCUT2D eigenvalue weighted by molar-refractivity contribution is 9.10. The van der Waals surface area contributed by atoms with E-state index in [0.717, 1.165) is 21.3 Å². The second-order valence-electron chi connectivity index (χ2n) is 3.49. The maximum absolute atomic E-state index is 5.77. The summed E-state index contributed by atoms with van der Waals surface area (Å²) >= 11 is 3.41. The van der Waals surface area contributed by atoms with Crippen LogP contribution in [0, 0.1) is 6.92 Å². The summed E-state index contributed by atoms with van der Waals surface area (Å²) in [5.41, 5.74) is 8.99. The molecular weight excluding hydrogens is 254 g/mol. The van der Waals surface area contributed by atoms with E-state index < -0.39 is 0 Å². The zero-order valence-electron chi connectivity index (χ0n) is 8.66. The average Bonchev–Trinajstić information content (AvgIpc) is 2.44. The van der Waals surface area contributed by atoms with Crippen molar-refractivity contribution in [3.8, 4) is 11.3 Å². The van der Waals surface area contributed by atoms with Gasteiger partial charge in [0, 0.05) is 22.6 Å². The van der Waals surface area contributed by atoms with E-state index in [4.69, 9.17) is 5.73 Å². The maximum Gasteiger partial charge on any atom is 0.148 e. The monoisotopic (exact) mass is 265 g/mol. The van der Waals surface area contributed by atoms with Crippen molar-refractivity contribution in [3.05, 3.63) is 34.3 Å². The molecule has 0 spiro atoms. The fourth-order valence-corrected chi connectivity index (χ4v) is 1.93. The van der Waals surface area contributed by atoms with Crippen LogP contribution < -0.4 is 5.73 Å². The molecule has 0 saturated carbocycles. The molecule has 1 aromatic heterocycles. The molecule has 0 atom stereocenters. The third kappa shape index (κ3) is 1.77. The Bertz CT molecular complexity index is 485. The summed E-state index contributed by atoms with van der Waals surface area (Å²) in [5, 5.41) is 4.19. The van der Waals surface area contributed by atoms with Crippen LogP contribution in [-0.2, 0) is 7.05 Å². The Morgan fingerprint density at radius 3 is 2.33 bits per heavy atom. The van der Waals surface area contributed by atoms with Crippen molar-refractivity contribution in [2.75, 3.05) is 5.73 Å². The number of halogens is 1. The number of nitrogens with zero attached hydrogens (tertiary/aromatic N) is 2. The summed E-state index contributed by atoms with van der Waals surface area (Å²) in [4.78, 5) is 0. The smallest absolute Gasteiger partial charge is 0.148 e. The van der Waals surface area contributed by atoms with Crippen molar-refractivity contribution >= 4 is 21.7 Å². The maximum atomic E-state index is 5.77. The molecule has 0 amide bonds. The van der Waals surface area contributed by atoms with E-state index in [1.54, 1.807) is 0 Å². The van der Waals surface area contributed by atoms with Gasteiger partial charge in [-0.1, -0.05) is 28.1 Å². The van der Waals surface area contributed by atoms with Gasteiger partial charge in [-0.25, -0.2) is 0 Å². The third-order valence-corrected chi connectivity index (χ3v) is 2.97. The third-order valence-electron chi connectivity index (χ3n) is 2.44. The van der Waals surface area contributed by atoms with Gasteiger partial charge >= 0.3 is 0 Å². The van der Waals surface area contributed by atoms with Gasteiger partial charge in [-0.05, 0) is 19.1 Å². The van der Waals surface area contributed by atoms with Gasteiger partial charge in [0.15, 0.2) is 0 Å². The highest BCUT2D eigenvalue weighted by atomic mass is 79.9. The normalized spacial score (nSPS) is 10.6. The van der Waals surface area contributed by atoms with Gasteiger partial charge in [-0.15, -0.1) is 0 Å². The summed E-state index contributed by atoms with van der Waals surface area (Å²) in [6, 6.07) is 8.12. The average molecular weight is 266 g/mol. The predicted octanol–water partition coefficient (Wildman–Crippen LogP) is 2.74. The number of nitrogen functional groups attached to an aromatic ring is 1. The summed E-state index contributed by atoms with van der Waals surface area (Å²) < 4.78 is 2.88. The molecule has 0 fully saturated rings. The molecule has 15 heavy (non-hydrogen) atoms. The fraction of sp³-hybridized carbons (Fsp3) is 0.182. The van der Waals surface area contributed by atoms with Crippen LogP contribution in [0.3, 0.4) is 0 Å². The second kappa shape index (κ2) is 3.70. The number of aryl methyl sites for hydroxylation is 1. The summed E-state index contributed by atoms with van der Waals surface area (Å²) in [6.45, 7) is 1.99. The van der Waals surface area contributed by atoms with Gasteiger partial charge in [0.05, 0.1) is 5.69 Å². The molecular formula is C11H12BrN3. The van der Waals surface area contributed by atoms with Gasteiger partial charge in [-0.3, -0.25) is 4.68 Å². The number of rotatable bonds is 1. The Morgan fingerprint density at radius 2 is 1.87 bits per heavy atom. The first kappa shape index (κ1) is 10.2. The molecule has 0 saturated heterocycles. The predicted molar refractivity (Wildman–Crippen MR) is 65.5 cm³/mol. The lowest BCUT2D eigenvalue weighted by Crippen LogP contribution is -1.94. The van der Waals surface area contributed by atoms with Crippen LogP contribution in [0.4, 0.5) is 5.82 Å². The molecule has 1 heterocycles. The number of anilines is 1. The SMILES string of the molecule is Cc1c(N)nn(C)c1-c1ccc(Br)cc1. The minimum atomic E-state index is 0.593. The lowest BCUT2D eigenvalue weighted by atomic mass is 10.1. The number of nitrogens with two attached hydrogens (primary N) is 1. The Labute approximate surface area is 97.0 Å². The molecule has 78 valence electrons. The molecule has 0 aliphatic carbocycles. The molecule has 0 aliphatic rings. The van der Waals surface area contributed by atoms with Crippen LogP contribution >= 0.6 is 15.9 Å². The van der Waals surface area contributed by atoms with Gasteiger partial charge in [0.25, 0.3) is 0 Å². The van der Waals surface area contributed by atoms with Crippen LogP contribution in [0.2, 0.25) is 0 Å². The second-order valence-corrected chi connectivity index (χ2v) is 4.41. The van der Waals surface area contributed by atoms with Crippen LogP contribution in [-0.4, -0.2) is 9.78 Å². The lowest BCUT2D eigenvalue weighted by Gasteiger charge is -2.03. The minimum absolute atomic E-state index is 0.593. The van der Waals surface area contributed by atoms with E-state index in [1.165, 1.54) is 0 Å². The zero-order chi connectivity index (χ0) is 11.0.